The third-order valence-corrected chi connectivity index (χ3v) is 3.07. The lowest BCUT2D eigenvalue weighted by Crippen LogP contribution is -2.34. The Balaban J connectivity index is 1.86. The zero-order valence-corrected chi connectivity index (χ0v) is 7.75. The van der Waals surface area contributed by atoms with Crippen molar-refractivity contribution < 1.29 is 9.90 Å². The molecule has 0 spiro atoms. The Morgan fingerprint density at radius 3 is 2.77 bits per heavy atom. The third kappa shape index (κ3) is 1.77. The zero-order chi connectivity index (χ0) is 9.31. The first kappa shape index (κ1) is 8.81. The maximum absolute atomic E-state index is 11.2. The van der Waals surface area contributed by atoms with Crippen LogP contribution in [0.15, 0.2) is 0 Å². The number of urea groups is 1. The predicted molar refractivity (Wildman–Crippen MR) is 48.3 cm³/mol. The molecule has 2 amide bonds. The van der Waals surface area contributed by atoms with Crippen molar-refractivity contribution >= 4 is 6.03 Å². The highest BCUT2D eigenvalue weighted by Crippen LogP contribution is 2.49. The normalized spacial score (nSPS) is 24.7. The van der Waals surface area contributed by atoms with Gasteiger partial charge in [0.1, 0.15) is 0 Å². The van der Waals surface area contributed by atoms with E-state index in [9.17, 15) is 4.79 Å². The van der Waals surface area contributed by atoms with Crippen LogP contribution in [0.2, 0.25) is 0 Å². The van der Waals surface area contributed by atoms with Gasteiger partial charge in [-0.25, -0.2) is 4.79 Å². The number of hydrogen-bond donors (Lipinski definition) is 2. The summed E-state index contributed by atoms with van der Waals surface area (Å²) in [4.78, 5) is 13.1. The summed E-state index contributed by atoms with van der Waals surface area (Å²) in [7, 11) is 0. The molecule has 1 saturated carbocycles. The molecule has 0 atom stereocenters. The third-order valence-electron chi connectivity index (χ3n) is 3.07. The number of rotatable bonds is 4. The van der Waals surface area contributed by atoms with Gasteiger partial charge in [-0.3, -0.25) is 0 Å². The minimum absolute atomic E-state index is 0.0595. The number of nitrogens with zero attached hydrogens (tertiary/aromatic N) is 1. The van der Waals surface area contributed by atoms with E-state index in [4.69, 9.17) is 5.11 Å². The molecule has 0 aromatic carbocycles. The van der Waals surface area contributed by atoms with E-state index in [2.05, 4.69) is 5.32 Å². The van der Waals surface area contributed by atoms with Crippen LogP contribution in [0, 0.1) is 5.41 Å². The number of hydrogen-bond acceptors (Lipinski definition) is 2. The topological polar surface area (TPSA) is 52.6 Å². The van der Waals surface area contributed by atoms with E-state index in [1.807, 2.05) is 4.90 Å². The quantitative estimate of drug-likeness (QED) is 0.654. The first-order valence-corrected chi connectivity index (χ1v) is 4.89. The summed E-state index contributed by atoms with van der Waals surface area (Å²) in [6.07, 6.45) is 3.17. The van der Waals surface area contributed by atoms with Crippen molar-refractivity contribution in [3.05, 3.63) is 0 Å². The summed E-state index contributed by atoms with van der Waals surface area (Å²) >= 11 is 0. The Bertz CT molecular complexity index is 214. The van der Waals surface area contributed by atoms with E-state index in [0.717, 1.165) is 38.9 Å². The molecule has 4 nitrogen and oxygen atoms in total. The van der Waals surface area contributed by atoms with Gasteiger partial charge < -0.3 is 15.3 Å². The summed E-state index contributed by atoms with van der Waals surface area (Å²) < 4.78 is 0. The number of aliphatic hydroxyl groups is 1. The molecule has 0 aromatic heterocycles. The fourth-order valence-corrected chi connectivity index (χ4v) is 1.97. The SMILES string of the molecule is O=C1NCCN1CC1(CCO)CC1. The van der Waals surface area contributed by atoms with Crippen LogP contribution < -0.4 is 5.32 Å². The molecule has 0 radical (unpaired) electrons. The average Bonchev–Trinajstić information content (AvgIpc) is 2.73. The van der Waals surface area contributed by atoms with Gasteiger partial charge in [0.25, 0.3) is 0 Å². The van der Waals surface area contributed by atoms with E-state index in [-0.39, 0.29) is 18.1 Å². The lowest BCUT2D eigenvalue weighted by Gasteiger charge is -2.21. The Kier molecular flexibility index (Phi) is 2.15. The van der Waals surface area contributed by atoms with E-state index < -0.39 is 0 Å². The largest absolute Gasteiger partial charge is 0.396 e. The second kappa shape index (κ2) is 3.18. The maximum atomic E-state index is 11.2. The number of nitrogens with one attached hydrogen (secondary N) is 1. The van der Waals surface area contributed by atoms with Crippen molar-refractivity contribution in [3.63, 3.8) is 0 Å². The summed E-state index contributed by atoms with van der Waals surface area (Å²) in [5.41, 5.74) is 0.260. The van der Waals surface area contributed by atoms with Crippen molar-refractivity contribution in [2.24, 2.45) is 5.41 Å². The molecule has 1 aliphatic heterocycles. The van der Waals surface area contributed by atoms with Crippen molar-refractivity contribution in [1.82, 2.24) is 10.2 Å². The smallest absolute Gasteiger partial charge is 0.317 e. The standard InChI is InChI=1S/C9H16N2O2/c12-6-3-9(1-2-9)7-11-5-4-10-8(11)13/h12H,1-7H2,(H,10,13). The second-order valence-corrected chi connectivity index (χ2v) is 4.13. The summed E-state index contributed by atoms with van der Waals surface area (Å²) in [5.74, 6) is 0. The van der Waals surface area contributed by atoms with Crippen LogP contribution >= 0.6 is 0 Å². The van der Waals surface area contributed by atoms with Crippen LogP contribution in [0.1, 0.15) is 19.3 Å². The monoisotopic (exact) mass is 184 g/mol. The number of aliphatic hydroxyl groups excluding tert-OH is 1. The van der Waals surface area contributed by atoms with Gasteiger partial charge in [0.2, 0.25) is 0 Å². The predicted octanol–water partition coefficient (Wildman–Crippen LogP) is 0.174. The van der Waals surface area contributed by atoms with Crippen LogP contribution in [0.4, 0.5) is 4.79 Å². The summed E-state index contributed by atoms with van der Waals surface area (Å²) in [6, 6.07) is 0.0595. The van der Waals surface area contributed by atoms with E-state index in [1.165, 1.54) is 0 Å². The maximum Gasteiger partial charge on any atom is 0.317 e. The van der Waals surface area contributed by atoms with Crippen molar-refractivity contribution in [2.75, 3.05) is 26.2 Å². The lowest BCUT2D eigenvalue weighted by atomic mass is 10.0. The van der Waals surface area contributed by atoms with Gasteiger partial charge in [0, 0.05) is 26.2 Å². The summed E-state index contributed by atoms with van der Waals surface area (Å²) in [5, 5.41) is 11.6. The first-order chi connectivity index (χ1) is 6.26. The molecular weight excluding hydrogens is 168 g/mol. The second-order valence-electron chi connectivity index (χ2n) is 4.13. The van der Waals surface area contributed by atoms with E-state index in [0.29, 0.717) is 0 Å². The van der Waals surface area contributed by atoms with Gasteiger partial charge in [0.15, 0.2) is 0 Å². The molecule has 4 heteroatoms. The Hall–Kier alpha value is -0.770. The van der Waals surface area contributed by atoms with Crippen LogP contribution in [0.5, 0.6) is 0 Å². The minimum atomic E-state index is 0.0595. The first-order valence-electron chi connectivity index (χ1n) is 4.89. The molecule has 74 valence electrons. The minimum Gasteiger partial charge on any atom is -0.396 e. The Labute approximate surface area is 77.9 Å². The molecule has 2 rings (SSSR count). The molecule has 0 unspecified atom stereocenters. The average molecular weight is 184 g/mol. The van der Waals surface area contributed by atoms with Crippen molar-refractivity contribution in [1.29, 1.82) is 0 Å². The highest BCUT2D eigenvalue weighted by molar-refractivity contribution is 5.76. The molecule has 1 saturated heterocycles. The highest BCUT2D eigenvalue weighted by Gasteiger charge is 2.44. The fourth-order valence-electron chi connectivity index (χ4n) is 1.97. The van der Waals surface area contributed by atoms with Crippen LogP contribution in [-0.2, 0) is 0 Å². The summed E-state index contributed by atoms with van der Waals surface area (Å²) in [6.45, 7) is 2.68. The molecule has 13 heavy (non-hydrogen) atoms. The van der Waals surface area contributed by atoms with E-state index in [1.54, 1.807) is 0 Å². The highest BCUT2D eigenvalue weighted by atomic mass is 16.3. The lowest BCUT2D eigenvalue weighted by molar-refractivity contribution is 0.189. The fraction of sp³-hybridized carbons (Fsp3) is 0.889. The van der Waals surface area contributed by atoms with Gasteiger partial charge in [-0.1, -0.05) is 0 Å². The molecule has 2 N–H and O–H groups in total. The molecule has 1 aliphatic carbocycles. The number of amides is 2. The molecule has 2 fully saturated rings. The molecular formula is C9H16N2O2. The van der Waals surface area contributed by atoms with Gasteiger partial charge in [0.05, 0.1) is 0 Å². The Morgan fingerprint density at radius 2 is 2.31 bits per heavy atom. The van der Waals surface area contributed by atoms with Crippen molar-refractivity contribution in [2.45, 2.75) is 19.3 Å². The molecule has 0 aromatic rings. The van der Waals surface area contributed by atoms with Crippen LogP contribution in [0.3, 0.4) is 0 Å². The molecule has 0 bridgehead atoms. The van der Waals surface area contributed by atoms with Gasteiger partial charge in [-0.05, 0) is 24.7 Å². The van der Waals surface area contributed by atoms with Crippen LogP contribution in [-0.4, -0.2) is 42.3 Å². The van der Waals surface area contributed by atoms with Gasteiger partial charge in [-0.15, -0.1) is 0 Å². The van der Waals surface area contributed by atoms with Crippen LogP contribution in [0.25, 0.3) is 0 Å². The van der Waals surface area contributed by atoms with E-state index >= 15 is 0 Å². The zero-order valence-electron chi connectivity index (χ0n) is 7.75. The Morgan fingerprint density at radius 1 is 1.54 bits per heavy atom. The van der Waals surface area contributed by atoms with Crippen molar-refractivity contribution in [3.8, 4) is 0 Å². The van der Waals surface area contributed by atoms with Gasteiger partial charge >= 0.3 is 6.03 Å². The number of carbonyl (C=O) groups is 1. The molecule has 2 aliphatic rings. The number of carbonyl (C=O) groups excluding carboxylic acids is 1. The van der Waals surface area contributed by atoms with Gasteiger partial charge in [-0.2, -0.15) is 0 Å². The molecule has 1 heterocycles.